The van der Waals surface area contributed by atoms with E-state index in [2.05, 4.69) is 15.2 Å². The minimum atomic E-state index is -4.55. The largest absolute Gasteiger partial charge is 0.435 e. The van der Waals surface area contributed by atoms with E-state index in [0.717, 1.165) is 18.9 Å². The number of rotatable bonds is 7. The summed E-state index contributed by atoms with van der Waals surface area (Å²) in [4.78, 5) is 12.1. The van der Waals surface area contributed by atoms with Crippen molar-refractivity contribution in [2.24, 2.45) is 0 Å². The van der Waals surface area contributed by atoms with Crippen molar-refractivity contribution in [3.05, 3.63) is 41.7 Å². The number of para-hydroxylation sites is 2. The second-order valence-corrected chi connectivity index (χ2v) is 6.12. The Morgan fingerprint density at radius 1 is 1.30 bits per heavy atom. The number of carbonyl (C=O) groups is 1. The summed E-state index contributed by atoms with van der Waals surface area (Å²) in [5.41, 5.74) is -0.473. The van der Waals surface area contributed by atoms with Gasteiger partial charge in [-0.05, 0) is 31.0 Å². The van der Waals surface area contributed by atoms with Crippen LogP contribution in [0.15, 0.2) is 30.3 Å². The number of aromatic nitrogens is 2. The van der Waals surface area contributed by atoms with Gasteiger partial charge in [0.2, 0.25) is 5.91 Å². The van der Waals surface area contributed by atoms with Crippen molar-refractivity contribution in [2.45, 2.75) is 44.5 Å². The number of carbonyl (C=O) groups excluding carboxylic acids is 1. The average molecular weight is 389 g/mol. The van der Waals surface area contributed by atoms with E-state index < -0.39 is 24.4 Å². The molecule has 0 bridgehead atoms. The van der Waals surface area contributed by atoms with Crippen molar-refractivity contribution in [1.82, 2.24) is 9.78 Å². The van der Waals surface area contributed by atoms with E-state index in [1.165, 1.54) is 28.9 Å². The van der Waals surface area contributed by atoms with Gasteiger partial charge in [-0.25, -0.2) is 0 Å². The van der Waals surface area contributed by atoms with Crippen molar-refractivity contribution in [2.75, 3.05) is 5.32 Å². The van der Waals surface area contributed by atoms with Gasteiger partial charge in [-0.2, -0.15) is 27.1 Å². The van der Waals surface area contributed by atoms with Crippen LogP contribution in [0.2, 0.25) is 0 Å². The molecule has 1 aromatic heterocycles. The van der Waals surface area contributed by atoms with E-state index in [0.29, 0.717) is 5.69 Å². The molecule has 0 aliphatic heterocycles. The molecule has 1 amide bonds. The van der Waals surface area contributed by atoms with E-state index >= 15 is 0 Å². The predicted molar refractivity (Wildman–Crippen MR) is 85.5 cm³/mol. The number of hydrogen-bond acceptors (Lipinski definition) is 3. The minimum Gasteiger partial charge on any atom is -0.433 e. The molecular weight excluding hydrogens is 373 g/mol. The molecule has 1 N–H and O–H groups in total. The van der Waals surface area contributed by atoms with Gasteiger partial charge in [0, 0.05) is 24.6 Å². The Balaban J connectivity index is 1.66. The maximum absolute atomic E-state index is 12.9. The van der Waals surface area contributed by atoms with Crippen molar-refractivity contribution in [3.63, 3.8) is 0 Å². The zero-order chi connectivity index (χ0) is 19.6. The molecule has 0 unspecified atom stereocenters. The molecule has 0 saturated heterocycles. The first-order valence-electron chi connectivity index (χ1n) is 8.22. The van der Waals surface area contributed by atoms with Gasteiger partial charge in [0.05, 0.1) is 5.69 Å². The fraction of sp³-hybridized carbons (Fsp3) is 0.412. The predicted octanol–water partition coefficient (Wildman–Crippen LogP) is 4.41. The highest BCUT2D eigenvalue weighted by Gasteiger charge is 2.37. The van der Waals surface area contributed by atoms with Crippen molar-refractivity contribution >= 4 is 11.6 Å². The SMILES string of the molecule is O=C(CCn1nc(C(F)(F)F)cc1C1CC1)Nc1ccccc1OC(F)F. The maximum atomic E-state index is 12.9. The summed E-state index contributed by atoms with van der Waals surface area (Å²) in [7, 11) is 0. The molecule has 1 fully saturated rings. The first-order chi connectivity index (χ1) is 12.7. The number of alkyl halides is 5. The number of anilines is 1. The number of ether oxygens (including phenoxy) is 1. The molecule has 10 heteroatoms. The Bertz CT molecular complexity index is 815. The monoisotopic (exact) mass is 389 g/mol. The molecule has 0 atom stereocenters. The summed E-state index contributed by atoms with van der Waals surface area (Å²) < 4.78 is 68.9. The standard InChI is InChI=1S/C17H16F5N3O2/c18-16(19)27-13-4-2-1-3-11(13)23-15(26)7-8-25-12(10-5-6-10)9-14(24-25)17(20,21)22/h1-4,9-10,16H,5-8H2,(H,23,26). The molecule has 1 aliphatic carbocycles. The number of amides is 1. The number of hydrogen-bond donors (Lipinski definition) is 1. The zero-order valence-corrected chi connectivity index (χ0v) is 14.0. The van der Waals surface area contributed by atoms with Crippen LogP contribution in [0.4, 0.5) is 27.6 Å². The quantitative estimate of drug-likeness (QED) is 0.714. The molecule has 1 aliphatic rings. The van der Waals surface area contributed by atoms with E-state index in [1.54, 1.807) is 0 Å². The Morgan fingerprint density at radius 2 is 2.00 bits per heavy atom. The molecule has 1 aromatic carbocycles. The summed E-state index contributed by atoms with van der Waals surface area (Å²) in [5.74, 6) is -0.721. The van der Waals surface area contributed by atoms with Crippen molar-refractivity contribution in [1.29, 1.82) is 0 Å². The Hall–Kier alpha value is -2.65. The normalized spacial score (nSPS) is 14.4. The van der Waals surface area contributed by atoms with Gasteiger partial charge in [-0.3, -0.25) is 9.48 Å². The summed E-state index contributed by atoms with van der Waals surface area (Å²) in [6.45, 7) is -3.10. The van der Waals surface area contributed by atoms with Gasteiger partial charge < -0.3 is 10.1 Å². The lowest BCUT2D eigenvalue weighted by Gasteiger charge is -2.12. The number of nitrogens with zero attached hydrogens (tertiary/aromatic N) is 2. The van der Waals surface area contributed by atoms with Crippen LogP contribution in [0.3, 0.4) is 0 Å². The molecule has 27 heavy (non-hydrogen) atoms. The summed E-state index contributed by atoms with van der Waals surface area (Å²) in [6.07, 6.45) is -3.15. The first-order valence-corrected chi connectivity index (χ1v) is 8.22. The lowest BCUT2D eigenvalue weighted by Crippen LogP contribution is -2.17. The Labute approximate surface area is 151 Å². The highest BCUT2D eigenvalue weighted by atomic mass is 19.4. The second-order valence-electron chi connectivity index (χ2n) is 6.12. The van der Waals surface area contributed by atoms with E-state index in [4.69, 9.17) is 0 Å². The third-order valence-electron chi connectivity index (χ3n) is 4.03. The van der Waals surface area contributed by atoms with Gasteiger partial charge in [0.1, 0.15) is 5.75 Å². The van der Waals surface area contributed by atoms with Gasteiger partial charge in [0.25, 0.3) is 0 Å². The van der Waals surface area contributed by atoms with Crippen LogP contribution in [-0.2, 0) is 17.5 Å². The molecular formula is C17H16F5N3O2. The van der Waals surface area contributed by atoms with E-state index in [9.17, 15) is 26.7 Å². The topological polar surface area (TPSA) is 56.2 Å². The van der Waals surface area contributed by atoms with Crippen molar-refractivity contribution in [3.8, 4) is 5.75 Å². The van der Waals surface area contributed by atoms with Gasteiger partial charge in [0.15, 0.2) is 5.69 Å². The lowest BCUT2D eigenvalue weighted by atomic mass is 10.2. The molecule has 1 saturated carbocycles. The molecule has 2 aromatic rings. The van der Waals surface area contributed by atoms with E-state index in [-0.39, 0.29) is 30.3 Å². The van der Waals surface area contributed by atoms with E-state index in [1.807, 2.05) is 0 Å². The smallest absolute Gasteiger partial charge is 0.433 e. The molecule has 5 nitrogen and oxygen atoms in total. The fourth-order valence-corrected chi connectivity index (χ4v) is 2.65. The highest BCUT2D eigenvalue weighted by Crippen LogP contribution is 2.42. The second kappa shape index (κ2) is 7.53. The van der Waals surface area contributed by atoms with Crippen LogP contribution in [0, 0.1) is 0 Å². The van der Waals surface area contributed by atoms with Crippen LogP contribution >= 0.6 is 0 Å². The molecule has 0 spiro atoms. The minimum absolute atomic E-state index is 0.0248. The number of aryl methyl sites for hydroxylation is 1. The van der Waals surface area contributed by atoms with Gasteiger partial charge in [-0.1, -0.05) is 12.1 Å². The summed E-state index contributed by atoms with van der Waals surface area (Å²) in [6, 6.07) is 6.68. The van der Waals surface area contributed by atoms with Gasteiger partial charge in [-0.15, -0.1) is 0 Å². The van der Waals surface area contributed by atoms with Crippen LogP contribution in [-0.4, -0.2) is 22.3 Å². The number of nitrogens with one attached hydrogen (secondary N) is 1. The lowest BCUT2D eigenvalue weighted by molar-refractivity contribution is -0.141. The fourth-order valence-electron chi connectivity index (χ4n) is 2.65. The number of halogens is 5. The van der Waals surface area contributed by atoms with Gasteiger partial charge >= 0.3 is 12.8 Å². The van der Waals surface area contributed by atoms with Crippen molar-refractivity contribution < 1.29 is 31.5 Å². The van der Waals surface area contributed by atoms with Crippen LogP contribution in [0.25, 0.3) is 0 Å². The first kappa shape index (κ1) is 19.1. The third kappa shape index (κ3) is 4.95. The molecule has 0 radical (unpaired) electrons. The molecule has 146 valence electrons. The summed E-state index contributed by atoms with van der Waals surface area (Å²) >= 11 is 0. The maximum Gasteiger partial charge on any atom is 0.435 e. The molecule has 3 rings (SSSR count). The Morgan fingerprint density at radius 3 is 2.63 bits per heavy atom. The van der Waals surface area contributed by atoms with Crippen LogP contribution in [0.1, 0.15) is 36.6 Å². The van der Waals surface area contributed by atoms with Crippen LogP contribution in [0.5, 0.6) is 5.75 Å². The highest BCUT2D eigenvalue weighted by molar-refractivity contribution is 5.92. The molecule has 1 heterocycles. The zero-order valence-electron chi connectivity index (χ0n) is 14.0. The van der Waals surface area contributed by atoms with Crippen LogP contribution < -0.4 is 10.1 Å². The third-order valence-corrected chi connectivity index (χ3v) is 4.03. The number of benzene rings is 1. The Kier molecular flexibility index (Phi) is 5.33. The summed E-state index contributed by atoms with van der Waals surface area (Å²) in [5, 5.41) is 5.99. The average Bonchev–Trinajstić information content (AvgIpc) is 3.32.